The second kappa shape index (κ2) is 8.47. The minimum absolute atomic E-state index is 0.200. The molecule has 0 saturated heterocycles. The lowest BCUT2D eigenvalue weighted by Gasteiger charge is -2.32. The first-order chi connectivity index (χ1) is 16.8. The monoisotopic (exact) mass is 436 g/mol. The summed E-state index contributed by atoms with van der Waals surface area (Å²) in [7, 11) is 0. The summed E-state index contributed by atoms with van der Waals surface area (Å²) in [5, 5.41) is 0. The molecule has 0 N–H and O–H groups in total. The predicted molar refractivity (Wildman–Crippen MR) is 144 cm³/mol. The Balaban J connectivity index is 0.000000269. The molecule has 34 heavy (non-hydrogen) atoms. The van der Waals surface area contributed by atoms with Crippen LogP contribution in [0.1, 0.15) is 40.7 Å². The third-order valence-corrected chi connectivity index (χ3v) is 7.25. The van der Waals surface area contributed by atoms with Crippen molar-refractivity contribution in [3.63, 3.8) is 0 Å². The summed E-state index contributed by atoms with van der Waals surface area (Å²) in [5.41, 5.74) is 12.3. The molecule has 0 saturated carbocycles. The Bertz CT molecular complexity index is 1340. The Hall–Kier alpha value is -3.90. The molecule has 0 bridgehead atoms. The largest absolute Gasteiger partial charge is 0.0804 e. The average molecular weight is 437 g/mol. The van der Waals surface area contributed by atoms with Crippen molar-refractivity contribution in [2.24, 2.45) is 0 Å². The molecule has 0 amide bonds. The van der Waals surface area contributed by atoms with E-state index in [0.717, 1.165) is 12.8 Å². The summed E-state index contributed by atoms with van der Waals surface area (Å²) in [6.07, 6.45) is 20.6. The Kier molecular flexibility index (Phi) is 5.15. The van der Waals surface area contributed by atoms with E-state index in [1.165, 1.54) is 50.1 Å². The van der Waals surface area contributed by atoms with Crippen LogP contribution in [0, 0.1) is 6.92 Å². The van der Waals surface area contributed by atoms with Crippen LogP contribution in [0.25, 0.3) is 11.1 Å². The highest BCUT2D eigenvalue weighted by Crippen LogP contribution is 2.62. The maximum atomic E-state index is 2.38. The fraction of sp³-hybridized carbons (Fsp3) is 0.118. The van der Waals surface area contributed by atoms with Gasteiger partial charge in [0.2, 0.25) is 0 Å². The maximum Gasteiger partial charge on any atom is 0.0725 e. The summed E-state index contributed by atoms with van der Waals surface area (Å²) in [6, 6.07) is 28.2. The van der Waals surface area contributed by atoms with Crippen LogP contribution in [0.15, 0.2) is 139 Å². The zero-order valence-corrected chi connectivity index (χ0v) is 19.5. The van der Waals surface area contributed by atoms with E-state index in [9.17, 15) is 0 Å². The quantitative estimate of drug-likeness (QED) is 0.331. The van der Waals surface area contributed by atoms with E-state index < -0.39 is 0 Å². The molecule has 0 nitrogen and oxygen atoms in total. The number of rotatable bonds is 0. The molecule has 0 fully saturated rings. The number of benzene rings is 3. The molecule has 3 aromatic rings. The molecule has 0 atom stereocenters. The lowest BCUT2D eigenvalue weighted by Crippen LogP contribution is -2.27. The van der Waals surface area contributed by atoms with E-state index in [0.29, 0.717) is 0 Å². The van der Waals surface area contributed by atoms with Crippen molar-refractivity contribution in [1.29, 1.82) is 0 Å². The van der Waals surface area contributed by atoms with Crippen LogP contribution in [0.5, 0.6) is 0 Å². The van der Waals surface area contributed by atoms with Gasteiger partial charge in [0.15, 0.2) is 0 Å². The van der Waals surface area contributed by atoms with Crippen LogP contribution in [0.2, 0.25) is 0 Å². The Labute approximate surface area is 202 Å². The van der Waals surface area contributed by atoms with Crippen LogP contribution in [0.4, 0.5) is 0 Å². The molecule has 164 valence electrons. The van der Waals surface area contributed by atoms with E-state index >= 15 is 0 Å². The van der Waals surface area contributed by atoms with Gasteiger partial charge in [-0.05, 0) is 64.3 Å². The van der Waals surface area contributed by atoms with Crippen molar-refractivity contribution in [1.82, 2.24) is 0 Å². The standard InChI is InChI=1S/C27H20.C7H8/c1-3-11-19-21-13-7-9-17-25(21)27(23(19)15-5-1)24-16-6-2-4-12-20(24)22-14-8-10-18-26(22)27;1-7-5-3-2-4-6-7/h3-18H,1-2H2;2-6H,1H3. The third-order valence-electron chi connectivity index (χ3n) is 7.25. The summed E-state index contributed by atoms with van der Waals surface area (Å²) in [4.78, 5) is 0. The van der Waals surface area contributed by atoms with Gasteiger partial charge in [0.1, 0.15) is 0 Å². The lowest BCUT2D eigenvalue weighted by molar-refractivity contribution is 0.778. The van der Waals surface area contributed by atoms with E-state index in [-0.39, 0.29) is 5.41 Å². The molecule has 0 aliphatic heterocycles. The van der Waals surface area contributed by atoms with Gasteiger partial charge in [0.05, 0.1) is 5.41 Å². The Morgan fingerprint density at radius 1 is 0.500 bits per heavy atom. The molecule has 4 aliphatic carbocycles. The summed E-state index contributed by atoms with van der Waals surface area (Å²) >= 11 is 0. The van der Waals surface area contributed by atoms with Gasteiger partial charge in [-0.1, -0.05) is 133 Å². The van der Waals surface area contributed by atoms with Gasteiger partial charge in [-0.3, -0.25) is 0 Å². The van der Waals surface area contributed by atoms with Crippen LogP contribution in [0.3, 0.4) is 0 Å². The summed E-state index contributed by atoms with van der Waals surface area (Å²) in [6.45, 7) is 2.08. The summed E-state index contributed by atoms with van der Waals surface area (Å²) < 4.78 is 0. The van der Waals surface area contributed by atoms with Crippen molar-refractivity contribution < 1.29 is 0 Å². The highest BCUT2D eigenvalue weighted by Gasteiger charge is 2.52. The first-order valence-corrected chi connectivity index (χ1v) is 12.2. The molecule has 0 aromatic heterocycles. The van der Waals surface area contributed by atoms with Crippen LogP contribution in [-0.2, 0) is 5.41 Å². The van der Waals surface area contributed by atoms with Gasteiger partial charge >= 0.3 is 0 Å². The van der Waals surface area contributed by atoms with E-state index in [2.05, 4.69) is 116 Å². The molecule has 0 radical (unpaired) electrons. The van der Waals surface area contributed by atoms with Crippen LogP contribution >= 0.6 is 0 Å². The predicted octanol–water partition coefficient (Wildman–Crippen LogP) is 8.53. The Morgan fingerprint density at radius 3 is 1.41 bits per heavy atom. The molecule has 4 aliphatic rings. The fourth-order valence-corrected chi connectivity index (χ4v) is 5.88. The zero-order valence-electron chi connectivity index (χ0n) is 19.5. The van der Waals surface area contributed by atoms with Crippen molar-refractivity contribution in [3.8, 4) is 0 Å². The number of allylic oxidation sites excluding steroid dienone is 12. The van der Waals surface area contributed by atoms with Crippen LogP contribution < -0.4 is 0 Å². The highest BCUT2D eigenvalue weighted by molar-refractivity contribution is 6.00. The van der Waals surface area contributed by atoms with Crippen molar-refractivity contribution >= 4 is 11.1 Å². The minimum atomic E-state index is -0.200. The van der Waals surface area contributed by atoms with Crippen molar-refractivity contribution in [2.45, 2.75) is 25.2 Å². The van der Waals surface area contributed by atoms with Crippen LogP contribution in [-0.4, -0.2) is 0 Å². The first kappa shape index (κ1) is 20.7. The first-order valence-electron chi connectivity index (χ1n) is 12.2. The molecular weight excluding hydrogens is 408 g/mol. The van der Waals surface area contributed by atoms with Gasteiger partial charge in [-0.25, -0.2) is 0 Å². The van der Waals surface area contributed by atoms with Gasteiger partial charge < -0.3 is 0 Å². The SMILES string of the molecule is C1=CC2=C(C=CC1)C1(C3=C(C=CCC=C3)c3ccccc31)c1ccccc12.Cc1ccccc1. The molecule has 0 heterocycles. The zero-order chi connectivity index (χ0) is 23.0. The van der Waals surface area contributed by atoms with Gasteiger partial charge in [-0.15, -0.1) is 0 Å². The highest BCUT2D eigenvalue weighted by atomic mass is 14.5. The second-order valence-corrected chi connectivity index (χ2v) is 9.23. The van der Waals surface area contributed by atoms with Gasteiger partial charge in [0.25, 0.3) is 0 Å². The lowest BCUT2D eigenvalue weighted by atomic mass is 9.68. The molecule has 3 aromatic carbocycles. The fourth-order valence-electron chi connectivity index (χ4n) is 5.88. The molecule has 1 spiro atoms. The average Bonchev–Trinajstić information content (AvgIpc) is 3.09. The topological polar surface area (TPSA) is 0 Å². The molecule has 7 rings (SSSR count). The second-order valence-electron chi connectivity index (χ2n) is 9.23. The maximum absolute atomic E-state index is 2.38. The third kappa shape index (κ3) is 3.06. The number of hydrogen-bond donors (Lipinski definition) is 0. The molecule has 0 unspecified atom stereocenters. The summed E-state index contributed by atoms with van der Waals surface area (Å²) in [5.74, 6) is 0. The van der Waals surface area contributed by atoms with Gasteiger partial charge in [0, 0.05) is 0 Å². The molecule has 0 heteroatoms. The van der Waals surface area contributed by atoms with E-state index in [4.69, 9.17) is 0 Å². The smallest absolute Gasteiger partial charge is 0.0725 e. The van der Waals surface area contributed by atoms with E-state index in [1.54, 1.807) is 0 Å². The number of hydrogen-bond acceptors (Lipinski definition) is 0. The normalized spacial score (nSPS) is 18.0. The van der Waals surface area contributed by atoms with E-state index in [1.807, 2.05) is 18.2 Å². The van der Waals surface area contributed by atoms with Gasteiger partial charge in [-0.2, -0.15) is 0 Å². The minimum Gasteiger partial charge on any atom is -0.0804 e. The number of aryl methyl sites for hydroxylation is 1. The van der Waals surface area contributed by atoms with Crippen molar-refractivity contribution in [2.75, 3.05) is 0 Å². The van der Waals surface area contributed by atoms with Crippen molar-refractivity contribution in [3.05, 3.63) is 166 Å². The molecular formula is C34H28. The Morgan fingerprint density at radius 2 is 0.941 bits per heavy atom. The number of fused-ring (bicyclic) bond motifs is 8.